The fourth-order valence-electron chi connectivity index (χ4n) is 2.30. The largest absolute Gasteiger partial charge is 0.368 e. The predicted molar refractivity (Wildman–Crippen MR) is 79.0 cm³/mol. The summed E-state index contributed by atoms with van der Waals surface area (Å²) >= 11 is 3.38. The lowest BCUT2D eigenvalue weighted by molar-refractivity contribution is 0.0731. The van der Waals surface area contributed by atoms with Crippen molar-refractivity contribution in [1.29, 1.82) is 0 Å². The predicted octanol–water partition coefficient (Wildman–Crippen LogP) is 2.02. The maximum absolute atomic E-state index is 12.5. The van der Waals surface area contributed by atoms with Gasteiger partial charge in [0, 0.05) is 22.8 Å². The van der Waals surface area contributed by atoms with Crippen LogP contribution in [0.4, 0.5) is 5.95 Å². The lowest BCUT2D eigenvalue weighted by Gasteiger charge is -2.28. The second-order valence-corrected chi connectivity index (χ2v) is 5.60. The number of aromatic nitrogens is 2. The topological polar surface area (TPSA) is 72.1 Å². The van der Waals surface area contributed by atoms with Crippen molar-refractivity contribution in [1.82, 2.24) is 14.9 Å². The second-order valence-electron chi connectivity index (χ2n) is 4.69. The lowest BCUT2D eigenvalue weighted by Crippen LogP contribution is -2.36. The molecule has 6 heteroatoms. The van der Waals surface area contributed by atoms with Crippen molar-refractivity contribution in [3.8, 4) is 0 Å². The number of rotatable bonds is 1. The molecule has 1 aromatic heterocycles. The van der Waals surface area contributed by atoms with Crippen molar-refractivity contribution >= 4 is 27.8 Å². The number of carbonyl (C=O) groups is 1. The number of nitrogens with two attached hydrogens (primary N) is 1. The van der Waals surface area contributed by atoms with Crippen LogP contribution >= 0.6 is 15.9 Å². The minimum atomic E-state index is 0.00846. The molecular weight excluding hydrogens is 320 g/mol. The van der Waals surface area contributed by atoms with Gasteiger partial charge in [-0.1, -0.05) is 22.0 Å². The first kappa shape index (κ1) is 13.1. The van der Waals surface area contributed by atoms with Crippen LogP contribution in [0.25, 0.3) is 0 Å². The minimum absolute atomic E-state index is 0.00846. The third-order valence-corrected chi connectivity index (χ3v) is 3.82. The quantitative estimate of drug-likeness (QED) is 0.867. The Hall–Kier alpha value is -1.95. The molecule has 0 radical (unpaired) electrons. The van der Waals surface area contributed by atoms with Gasteiger partial charge in [0.25, 0.3) is 5.91 Å². The first-order chi connectivity index (χ1) is 9.63. The Morgan fingerprint density at radius 2 is 2.25 bits per heavy atom. The molecule has 1 aliphatic rings. The van der Waals surface area contributed by atoms with Crippen LogP contribution in [0, 0.1) is 0 Å². The molecule has 1 amide bonds. The van der Waals surface area contributed by atoms with Crippen LogP contribution < -0.4 is 5.73 Å². The van der Waals surface area contributed by atoms with Gasteiger partial charge in [-0.2, -0.15) is 0 Å². The molecule has 0 saturated heterocycles. The Morgan fingerprint density at radius 3 is 3.05 bits per heavy atom. The maximum Gasteiger partial charge on any atom is 0.254 e. The molecule has 0 fully saturated rings. The maximum atomic E-state index is 12.5. The molecule has 2 N–H and O–H groups in total. The molecule has 2 aromatic rings. The van der Waals surface area contributed by atoms with E-state index < -0.39 is 0 Å². The molecule has 0 atom stereocenters. The van der Waals surface area contributed by atoms with Crippen LogP contribution in [-0.4, -0.2) is 27.3 Å². The summed E-state index contributed by atoms with van der Waals surface area (Å²) in [6.45, 7) is 1.15. The number of carbonyl (C=O) groups excluding carboxylic acids is 1. The van der Waals surface area contributed by atoms with Gasteiger partial charge in [-0.25, -0.2) is 9.97 Å². The normalized spacial score (nSPS) is 13.9. The van der Waals surface area contributed by atoms with E-state index in [9.17, 15) is 4.79 Å². The van der Waals surface area contributed by atoms with Gasteiger partial charge in [0.15, 0.2) is 0 Å². The Labute approximate surface area is 125 Å². The zero-order valence-electron chi connectivity index (χ0n) is 10.7. The van der Waals surface area contributed by atoms with Crippen molar-refractivity contribution in [2.45, 2.75) is 13.0 Å². The van der Waals surface area contributed by atoms with Gasteiger partial charge in [0.2, 0.25) is 5.95 Å². The Bertz CT molecular complexity index is 674. The standard InChI is InChI=1S/C14H13BrN4O/c15-11-3-1-2-9(6-11)13(20)19-5-4-10-7-17-14(16)18-12(10)8-19/h1-3,6-7H,4-5,8H2,(H2,16,17,18). The number of nitrogens with zero attached hydrogens (tertiary/aromatic N) is 3. The summed E-state index contributed by atoms with van der Waals surface area (Å²) in [6.07, 6.45) is 2.51. The highest BCUT2D eigenvalue weighted by Gasteiger charge is 2.23. The number of hydrogen-bond acceptors (Lipinski definition) is 4. The van der Waals surface area contributed by atoms with E-state index in [1.165, 1.54) is 0 Å². The molecule has 0 spiro atoms. The number of nitrogen functional groups attached to an aromatic ring is 1. The van der Waals surface area contributed by atoms with Gasteiger partial charge in [0.05, 0.1) is 12.2 Å². The average molecular weight is 333 g/mol. The third kappa shape index (κ3) is 2.51. The molecule has 2 heterocycles. The van der Waals surface area contributed by atoms with Gasteiger partial charge >= 0.3 is 0 Å². The summed E-state index contributed by atoms with van der Waals surface area (Å²) in [4.78, 5) is 22.5. The molecule has 0 saturated carbocycles. The first-order valence-corrected chi connectivity index (χ1v) is 7.08. The van der Waals surface area contributed by atoms with Crippen LogP contribution in [0.5, 0.6) is 0 Å². The number of anilines is 1. The molecule has 102 valence electrons. The SMILES string of the molecule is Nc1ncc2c(n1)CN(C(=O)c1cccc(Br)c1)CC2. The number of halogens is 1. The molecule has 0 unspecified atom stereocenters. The molecule has 0 aliphatic carbocycles. The van der Waals surface area contributed by atoms with E-state index in [2.05, 4.69) is 25.9 Å². The molecular formula is C14H13BrN4O. The third-order valence-electron chi connectivity index (χ3n) is 3.32. The van der Waals surface area contributed by atoms with Crippen molar-refractivity contribution in [2.24, 2.45) is 0 Å². The van der Waals surface area contributed by atoms with E-state index >= 15 is 0 Å². The number of fused-ring (bicyclic) bond motifs is 1. The number of benzene rings is 1. The second kappa shape index (κ2) is 5.20. The van der Waals surface area contributed by atoms with Crippen molar-refractivity contribution in [3.05, 3.63) is 51.8 Å². The summed E-state index contributed by atoms with van der Waals surface area (Å²) in [7, 11) is 0. The molecule has 1 aromatic carbocycles. The summed E-state index contributed by atoms with van der Waals surface area (Å²) < 4.78 is 0.896. The smallest absolute Gasteiger partial charge is 0.254 e. The Morgan fingerprint density at radius 1 is 1.40 bits per heavy atom. The van der Waals surface area contributed by atoms with Gasteiger partial charge < -0.3 is 10.6 Å². The van der Waals surface area contributed by atoms with Gasteiger partial charge in [-0.15, -0.1) is 0 Å². The number of hydrogen-bond donors (Lipinski definition) is 1. The fourth-order valence-corrected chi connectivity index (χ4v) is 2.70. The van der Waals surface area contributed by atoms with E-state index in [1.54, 1.807) is 11.1 Å². The van der Waals surface area contributed by atoms with E-state index in [4.69, 9.17) is 5.73 Å². The van der Waals surface area contributed by atoms with Crippen molar-refractivity contribution in [2.75, 3.05) is 12.3 Å². The fraction of sp³-hybridized carbons (Fsp3) is 0.214. The van der Waals surface area contributed by atoms with E-state index in [0.29, 0.717) is 18.7 Å². The number of amides is 1. The summed E-state index contributed by atoms with van der Waals surface area (Å²) in [6, 6.07) is 7.40. The summed E-state index contributed by atoms with van der Waals surface area (Å²) in [5.41, 5.74) is 8.18. The Kier molecular flexibility index (Phi) is 3.40. The van der Waals surface area contributed by atoms with E-state index in [1.807, 2.05) is 24.3 Å². The highest BCUT2D eigenvalue weighted by Crippen LogP contribution is 2.20. The minimum Gasteiger partial charge on any atom is -0.368 e. The zero-order chi connectivity index (χ0) is 14.1. The van der Waals surface area contributed by atoms with Crippen LogP contribution in [0.2, 0.25) is 0 Å². The van der Waals surface area contributed by atoms with E-state index in [0.717, 1.165) is 22.2 Å². The van der Waals surface area contributed by atoms with Crippen LogP contribution in [0.1, 0.15) is 21.6 Å². The van der Waals surface area contributed by atoms with E-state index in [-0.39, 0.29) is 11.9 Å². The van der Waals surface area contributed by atoms with Crippen molar-refractivity contribution < 1.29 is 4.79 Å². The molecule has 0 bridgehead atoms. The Balaban J connectivity index is 1.84. The van der Waals surface area contributed by atoms with Crippen LogP contribution in [0.15, 0.2) is 34.9 Å². The van der Waals surface area contributed by atoms with Crippen molar-refractivity contribution in [3.63, 3.8) is 0 Å². The van der Waals surface area contributed by atoms with Crippen LogP contribution in [-0.2, 0) is 13.0 Å². The monoisotopic (exact) mass is 332 g/mol. The van der Waals surface area contributed by atoms with Gasteiger partial charge in [-0.05, 0) is 30.2 Å². The highest BCUT2D eigenvalue weighted by atomic mass is 79.9. The van der Waals surface area contributed by atoms with Gasteiger partial charge in [-0.3, -0.25) is 4.79 Å². The van der Waals surface area contributed by atoms with Crippen LogP contribution in [0.3, 0.4) is 0 Å². The molecule has 20 heavy (non-hydrogen) atoms. The summed E-state index contributed by atoms with van der Waals surface area (Å²) in [5, 5.41) is 0. The molecule has 3 rings (SSSR count). The average Bonchev–Trinajstić information content (AvgIpc) is 2.45. The first-order valence-electron chi connectivity index (χ1n) is 6.28. The zero-order valence-corrected chi connectivity index (χ0v) is 12.3. The highest BCUT2D eigenvalue weighted by molar-refractivity contribution is 9.10. The lowest BCUT2D eigenvalue weighted by atomic mass is 10.1. The molecule has 5 nitrogen and oxygen atoms in total. The van der Waals surface area contributed by atoms with Gasteiger partial charge in [0.1, 0.15) is 0 Å². The molecule has 1 aliphatic heterocycles. The summed E-state index contributed by atoms with van der Waals surface area (Å²) in [5.74, 6) is 0.259.